The predicted octanol–water partition coefficient (Wildman–Crippen LogP) is 3.63. The molecule has 2 atom stereocenters. The summed E-state index contributed by atoms with van der Waals surface area (Å²) in [6, 6.07) is 7.71. The summed E-state index contributed by atoms with van der Waals surface area (Å²) in [5.74, 6) is 0. The SMILES string of the molecule is CCC(O)CC(O)CCc1c(-c2ccc(Cl)cc2)nnn1C(C)C. The van der Waals surface area contributed by atoms with Gasteiger partial charge in [0.1, 0.15) is 5.69 Å². The average Bonchev–Trinajstić information content (AvgIpc) is 2.97. The lowest BCUT2D eigenvalue weighted by Crippen LogP contribution is -2.18. The zero-order valence-corrected chi connectivity index (χ0v) is 15.2. The maximum atomic E-state index is 10.1. The highest BCUT2D eigenvalue weighted by molar-refractivity contribution is 6.30. The first-order chi connectivity index (χ1) is 11.4. The molecule has 6 heteroatoms. The van der Waals surface area contributed by atoms with E-state index in [1.165, 1.54) is 0 Å². The number of halogens is 1. The van der Waals surface area contributed by atoms with E-state index in [4.69, 9.17) is 11.6 Å². The van der Waals surface area contributed by atoms with E-state index in [0.717, 1.165) is 17.0 Å². The van der Waals surface area contributed by atoms with Crippen LogP contribution in [0.4, 0.5) is 0 Å². The zero-order valence-electron chi connectivity index (χ0n) is 14.5. The highest BCUT2D eigenvalue weighted by Crippen LogP contribution is 2.26. The maximum Gasteiger partial charge on any atom is 0.116 e. The molecule has 0 fully saturated rings. The second-order valence-corrected chi connectivity index (χ2v) is 6.86. The molecule has 132 valence electrons. The molecule has 0 bridgehead atoms. The Bertz CT molecular complexity index is 640. The van der Waals surface area contributed by atoms with Crippen LogP contribution in [0.25, 0.3) is 11.3 Å². The van der Waals surface area contributed by atoms with Crippen LogP contribution in [0.15, 0.2) is 24.3 Å². The molecule has 0 aliphatic rings. The minimum absolute atomic E-state index is 0.187. The Kier molecular flexibility index (Phi) is 6.78. The van der Waals surface area contributed by atoms with Crippen molar-refractivity contribution >= 4 is 11.6 Å². The van der Waals surface area contributed by atoms with Crippen LogP contribution in [0.1, 0.15) is 51.8 Å². The molecule has 2 aromatic rings. The molecule has 1 aromatic carbocycles. The van der Waals surface area contributed by atoms with Crippen LogP contribution >= 0.6 is 11.6 Å². The molecule has 0 saturated heterocycles. The number of rotatable bonds is 8. The van der Waals surface area contributed by atoms with Crippen LogP contribution in [-0.2, 0) is 6.42 Å². The quantitative estimate of drug-likeness (QED) is 0.761. The van der Waals surface area contributed by atoms with Gasteiger partial charge in [-0.25, -0.2) is 4.68 Å². The van der Waals surface area contributed by atoms with Gasteiger partial charge in [-0.3, -0.25) is 0 Å². The van der Waals surface area contributed by atoms with Crippen molar-refractivity contribution in [1.29, 1.82) is 0 Å². The van der Waals surface area contributed by atoms with Crippen molar-refractivity contribution in [3.63, 3.8) is 0 Å². The second-order valence-electron chi connectivity index (χ2n) is 6.42. The van der Waals surface area contributed by atoms with E-state index in [1.807, 2.05) is 35.9 Å². The summed E-state index contributed by atoms with van der Waals surface area (Å²) in [5, 5.41) is 29.1. The summed E-state index contributed by atoms with van der Waals surface area (Å²) in [6.45, 7) is 6.02. The lowest BCUT2D eigenvalue weighted by Gasteiger charge is -2.16. The van der Waals surface area contributed by atoms with Gasteiger partial charge < -0.3 is 10.2 Å². The Balaban J connectivity index is 2.20. The minimum Gasteiger partial charge on any atom is -0.393 e. The molecule has 2 unspecified atom stereocenters. The van der Waals surface area contributed by atoms with E-state index >= 15 is 0 Å². The summed E-state index contributed by atoms with van der Waals surface area (Å²) in [7, 11) is 0. The number of hydrogen-bond donors (Lipinski definition) is 2. The molecule has 24 heavy (non-hydrogen) atoms. The maximum absolute atomic E-state index is 10.1. The summed E-state index contributed by atoms with van der Waals surface area (Å²) < 4.78 is 1.90. The number of aromatic nitrogens is 3. The largest absolute Gasteiger partial charge is 0.393 e. The summed E-state index contributed by atoms with van der Waals surface area (Å²) in [5.41, 5.74) is 2.78. The van der Waals surface area contributed by atoms with Gasteiger partial charge in [-0.2, -0.15) is 0 Å². The van der Waals surface area contributed by atoms with Crippen LogP contribution in [0, 0.1) is 0 Å². The lowest BCUT2D eigenvalue weighted by molar-refractivity contribution is 0.0736. The molecular weight excluding hydrogens is 326 g/mol. The fourth-order valence-corrected chi connectivity index (χ4v) is 2.82. The minimum atomic E-state index is -0.534. The molecule has 5 nitrogen and oxygen atoms in total. The van der Waals surface area contributed by atoms with Gasteiger partial charge >= 0.3 is 0 Å². The summed E-state index contributed by atoms with van der Waals surface area (Å²) >= 11 is 5.96. The topological polar surface area (TPSA) is 71.2 Å². The van der Waals surface area contributed by atoms with Crippen molar-refractivity contribution in [2.24, 2.45) is 0 Å². The Hall–Kier alpha value is -1.43. The fraction of sp³-hybridized carbons (Fsp3) is 0.556. The Labute approximate surface area is 148 Å². The van der Waals surface area contributed by atoms with Crippen LogP contribution in [0.3, 0.4) is 0 Å². The Morgan fingerprint density at radius 3 is 2.38 bits per heavy atom. The highest BCUT2D eigenvalue weighted by Gasteiger charge is 2.18. The molecule has 0 aliphatic carbocycles. The number of benzene rings is 1. The summed E-state index contributed by atoms with van der Waals surface area (Å²) in [4.78, 5) is 0. The van der Waals surface area contributed by atoms with E-state index in [2.05, 4.69) is 24.2 Å². The van der Waals surface area contributed by atoms with Crippen molar-refractivity contribution < 1.29 is 10.2 Å². The van der Waals surface area contributed by atoms with Gasteiger partial charge in [0.25, 0.3) is 0 Å². The Morgan fingerprint density at radius 1 is 1.12 bits per heavy atom. The third kappa shape index (κ3) is 4.79. The molecule has 1 heterocycles. The number of aliphatic hydroxyl groups is 2. The van der Waals surface area contributed by atoms with Crippen LogP contribution in [0.2, 0.25) is 5.02 Å². The molecule has 0 saturated carbocycles. The van der Waals surface area contributed by atoms with Gasteiger partial charge in [-0.15, -0.1) is 5.10 Å². The lowest BCUT2D eigenvalue weighted by atomic mass is 10.0. The van der Waals surface area contributed by atoms with E-state index in [0.29, 0.717) is 30.7 Å². The van der Waals surface area contributed by atoms with Crippen LogP contribution in [0.5, 0.6) is 0 Å². The molecule has 1 aromatic heterocycles. The summed E-state index contributed by atoms with van der Waals surface area (Å²) in [6.07, 6.45) is 1.28. The van der Waals surface area contributed by atoms with Crippen molar-refractivity contribution in [1.82, 2.24) is 15.0 Å². The molecule has 0 radical (unpaired) electrons. The number of hydrogen-bond acceptors (Lipinski definition) is 4. The first kappa shape index (κ1) is 18.9. The van der Waals surface area contributed by atoms with E-state index in [9.17, 15) is 10.2 Å². The molecule has 2 N–H and O–H groups in total. The third-order valence-corrected chi connectivity index (χ3v) is 4.38. The van der Waals surface area contributed by atoms with Gasteiger partial charge in [-0.05, 0) is 51.7 Å². The number of nitrogens with zero attached hydrogens (tertiary/aromatic N) is 3. The van der Waals surface area contributed by atoms with E-state index in [1.54, 1.807) is 0 Å². The first-order valence-corrected chi connectivity index (χ1v) is 8.86. The molecule has 0 amide bonds. The van der Waals surface area contributed by atoms with E-state index in [-0.39, 0.29) is 6.04 Å². The third-order valence-electron chi connectivity index (χ3n) is 4.13. The fourth-order valence-electron chi connectivity index (χ4n) is 2.70. The van der Waals surface area contributed by atoms with Gasteiger partial charge in [0.2, 0.25) is 0 Å². The zero-order chi connectivity index (χ0) is 17.7. The molecule has 0 spiro atoms. The molecule has 2 rings (SSSR count). The number of aliphatic hydroxyl groups excluding tert-OH is 2. The standard InChI is InChI=1S/C18H26ClN3O2/c1-4-15(23)11-16(24)9-10-17-18(20-21-22(17)12(2)3)13-5-7-14(19)8-6-13/h5-8,12,15-16,23-24H,4,9-11H2,1-3H3. The van der Waals surface area contributed by atoms with Gasteiger partial charge in [0.05, 0.1) is 17.9 Å². The smallest absolute Gasteiger partial charge is 0.116 e. The van der Waals surface area contributed by atoms with Crippen molar-refractivity contribution in [2.45, 2.75) is 64.7 Å². The Morgan fingerprint density at radius 2 is 1.79 bits per heavy atom. The monoisotopic (exact) mass is 351 g/mol. The van der Waals surface area contributed by atoms with Crippen molar-refractivity contribution in [3.8, 4) is 11.3 Å². The predicted molar refractivity (Wildman–Crippen MR) is 96.1 cm³/mol. The van der Waals surface area contributed by atoms with E-state index < -0.39 is 12.2 Å². The highest BCUT2D eigenvalue weighted by atomic mass is 35.5. The van der Waals surface area contributed by atoms with Crippen LogP contribution in [-0.4, -0.2) is 37.4 Å². The van der Waals surface area contributed by atoms with Gasteiger partial charge in [0, 0.05) is 16.6 Å². The van der Waals surface area contributed by atoms with Crippen molar-refractivity contribution in [3.05, 3.63) is 35.0 Å². The van der Waals surface area contributed by atoms with Crippen LogP contribution < -0.4 is 0 Å². The normalized spacial score (nSPS) is 14.1. The van der Waals surface area contributed by atoms with Gasteiger partial charge in [0.15, 0.2) is 0 Å². The average molecular weight is 352 g/mol. The first-order valence-electron chi connectivity index (χ1n) is 8.48. The van der Waals surface area contributed by atoms with Crippen molar-refractivity contribution in [2.75, 3.05) is 0 Å². The van der Waals surface area contributed by atoms with Gasteiger partial charge in [-0.1, -0.05) is 35.9 Å². The molecule has 0 aliphatic heterocycles. The second kappa shape index (κ2) is 8.60. The molecular formula is C18H26ClN3O2.